The zero-order valence-corrected chi connectivity index (χ0v) is 13.3. The normalized spacial score (nSPS) is 11.9. The lowest BCUT2D eigenvalue weighted by Crippen LogP contribution is -2.40. The topological polar surface area (TPSA) is 104 Å². The molecule has 1 amide bonds. The molecule has 9 heteroatoms. The second kappa shape index (κ2) is 7.01. The molecule has 0 fully saturated rings. The molecule has 0 aliphatic carbocycles. The molecule has 0 aliphatic heterocycles. The Morgan fingerprint density at radius 2 is 1.95 bits per heavy atom. The quantitative estimate of drug-likeness (QED) is 0.662. The van der Waals surface area contributed by atoms with Gasteiger partial charge in [-0.2, -0.15) is 0 Å². The fourth-order valence-electron chi connectivity index (χ4n) is 1.21. The predicted molar refractivity (Wildman–Crippen MR) is 75.5 cm³/mol. The Balaban J connectivity index is 2.71. The minimum absolute atomic E-state index is 0.163. The number of carbonyl (C=O) groups is 3. The highest BCUT2D eigenvalue weighted by atomic mass is 79.9. The van der Waals surface area contributed by atoms with Crippen LogP contribution in [0.2, 0.25) is 0 Å². The summed E-state index contributed by atoms with van der Waals surface area (Å²) in [7, 11) is 0. The van der Waals surface area contributed by atoms with Gasteiger partial charge >= 0.3 is 11.9 Å². The van der Waals surface area contributed by atoms with Gasteiger partial charge in [-0.05, 0) is 44.3 Å². The third-order valence-corrected chi connectivity index (χ3v) is 5.37. The number of thiophene rings is 1. The number of halogens is 2. The zero-order valence-electron chi connectivity index (χ0n) is 9.35. The number of hydrogen-bond donors (Lipinski definition) is 3. The maximum atomic E-state index is 11.8. The molecule has 0 bridgehead atoms. The number of amides is 1. The van der Waals surface area contributed by atoms with Gasteiger partial charge in [0.25, 0.3) is 5.91 Å². The first kappa shape index (κ1) is 16.1. The van der Waals surface area contributed by atoms with Crippen LogP contribution in [0.15, 0.2) is 14.3 Å². The summed E-state index contributed by atoms with van der Waals surface area (Å²) in [6, 6.07) is 0.337. The van der Waals surface area contributed by atoms with Crippen LogP contribution in [0.5, 0.6) is 0 Å². The predicted octanol–water partition coefficient (Wildman–Crippen LogP) is 2.32. The summed E-state index contributed by atoms with van der Waals surface area (Å²) in [6.07, 6.45) is -0.487. The molecule has 19 heavy (non-hydrogen) atoms. The maximum absolute atomic E-state index is 11.8. The van der Waals surface area contributed by atoms with Crippen molar-refractivity contribution in [1.82, 2.24) is 5.32 Å². The van der Waals surface area contributed by atoms with Crippen molar-refractivity contribution in [2.45, 2.75) is 18.9 Å². The van der Waals surface area contributed by atoms with Gasteiger partial charge < -0.3 is 15.5 Å². The third-order valence-electron chi connectivity index (χ3n) is 2.12. The second-order valence-electron chi connectivity index (χ2n) is 3.53. The van der Waals surface area contributed by atoms with Crippen LogP contribution in [0.1, 0.15) is 22.5 Å². The molecule has 0 saturated carbocycles. The first-order chi connectivity index (χ1) is 8.81. The fourth-order valence-corrected chi connectivity index (χ4v) is 3.15. The average Bonchev–Trinajstić information content (AvgIpc) is 2.64. The monoisotopic (exact) mass is 413 g/mol. The Hall–Kier alpha value is -0.930. The number of carboxylic acid groups (broad SMARTS) is 2. The van der Waals surface area contributed by atoms with Gasteiger partial charge in [0.05, 0.1) is 8.66 Å². The highest BCUT2D eigenvalue weighted by Gasteiger charge is 2.22. The lowest BCUT2D eigenvalue weighted by Gasteiger charge is -2.12. The van der Waals surface area contributed by atoms with E-state index in [0.717, 1.165) is 15.1 Å². The van der Waals surface area contributed by atoms with Crippen LogP contribution in [-0.4, -0.2) is 34.1 Å². The third kappa shape index (κ3) is 4.92. The molecule has 1 unspecified atom stereocenters. The molecular weight excluding hydrogens is 406 g/mol. The van der Waals surface area contributed by atoms with Crippen LogP contribution < -0.4 is 5.32 Å². The molecule has 0 aliphatic rings. The van der Waals surface area contributed by atoms with Crippen molar-refractivity contribution in [2.24, 2.45) is 0 Å². The standard InChI is InChI=1S/C10H9Br2NO5S/c11-4-3-6(19-8(4)12)9(16)13-5(10(17)18)1-2-7(14)15/h3,5H,1-2H2,(H,13,16)(H,14,15)(H,17,18). The maximum Gasteiger partial charge on any atom is 0.326 e. The summed E-state index contributed by atoms with van der Waals surface area (Å²) in [4.78, 5) is 33.5. The molecule has 6 nitrogen and oxygen atoms in total. The van der Waals surface area contributed by atoms with E-state index >= 15 is 0 Å². The second-order valence-corrected chi connectivity index (χ2v) is 6.75. The molecule has 1 atom stereocenters. The van der Waals surface area contributed by atoms with Crippen LogP contribution in [0.4, 0.5) is 0 Å². The number of nitrogens with one attached hydrogen (secondary N) is 1. The van der Waals surface area contributed by atoms with Crippen molar-refractivity contribution in [3.63, 3.8) is 0 Å². The van der Waals surface area contributed by atoms with E-state index in [9.17, 15) is 14.4 Å². The highest BCUT2D eigenvalue weighted by Crippen LogP contribution is 2.32. The molecule has 3 N–H and O–H groups in total. The Morgan fingerprint density at radius 3 is 2.37 bits per heavy atom. The van der Waals surface area contributed by atoms with E-state index in [2.05, 4.69) is 37.2 Å². The largest absolute Gasteiger partial charge is 0.481 e. The lowest BCUT2D eigenvalue weighted by atomic mass is 10.1. The Bertz CT molecular complexity index is 497. The number of carbonyl (C=O) groups excluding carboxylic acids is 1. The first-order valence-electron chi connectivity index (χ1n) is 5.01. The van der Waals surface area contributed by atoms with Gasteiger partial charge in [-0.3, -0.25) is 9.59 Å². The van der Waals surface area contributed by atoms with E-state index in [-0.39, 0.29) is 12.8 Å². The molecule has 0 spiro atoms. The Morgan fingerprint density at radius 1 is 1.32 bits per heavy atom. The minimum Gasteiger partial charge on any atom is -0.481 e. The van der Waals surface area contributed by atoms with Crippen molar-refractivity contribution in [3.8, 4) is 0 Å². The molecule has 104 valence electrons. The molecule has 0 aromatic carbocycles. The Labute approximate surface area is 129 Å². The van der Waals surface area contributed by atoms with Gasteiger partial charge in [0.15, 0.2) is 0 Å². The average molecular weight is 415 g/mol. The summed E-state index contributed by atoms with van der Waals surface area (Å²) in [5.74, 6) is -2.92. The fraction of sp³-hybridized carbons (Fsp3) is 0.300. The molecule has 1 aromatic rings. The van der Waals surface area contributed by atoms with Crippen LogP contribution in [0.25, 0.3) is 0 Å². The van der Waals surface area contributed by atoms with Crippen molar-refractivity contribution < 1.29 is 24.6 Å². The van der Waals surface area contributed by atoms with Crippen molar-refractivity contribution in [2.75, 3.05) is 0 Å². The first-order valence-corrected chi connectivity index (χ1v) is 7.41. The minimum atomic E-state index is -1.26. The SMILES string of the molecule is O=C(O)CCC(NC(=O)c1cc(Br)c(Br)s1)C(=O)O. The summed E-state index contributed by atoms with van der Waals surface area (Å²) in [5, 5.41) is 19.7. The van der Waals surface area contributed by atoms with Gasteiger partial charge in [0.1, 0.15) is 6.04 Å². The summed E-state index contributed by atoms with van der Waals surface area (Å²) < 4.78 is 1.41. The van der Waals surface area contributed by atoms with Crippen molar-refractivity contribution >= 4 is 61.0 Å². The van der Waals surface area contributed by atoms with E-state index in [4.69, 9.17) is 10.2 Å². The Kier molecular flexibility index (Phi) is 5.95. The van der Waals surface area contributed by atoms with Gasteiger partial charge in [0.2, 0.25) is 0 Å². The van der Waals surface area contributed by atoms with Crippen LogP contribution >= 0.6 is 43.2 Å². The van der Waals surface area contributed by atoms with Crippen LogP contribution in [0, 0.1) is 0 Å². The summed E-state index contributed by atoms with van der Waals surface area (Å²) in [5.41, 5.74) is 0. The van der Waals surface area contributed by atoms with Crippen molar-refractivity contribution in [1.29, 1.82) is 0 Å². The molecule has 1 aromatic heterocycles. The van der Waals surface area contributed by atoms with Gasteiger partial charge in [-0.15, -0.1) is 11.3 Å². The zero-order chi connectivity index (χ0) is 14.6. The number of carboxylic acids is 2. The number of hydrogen-bond acceptors (Lipinski definition) is 4. The van der Waals surface area contributed by atoms with Gasteiger partial charge in [-0.1, -0.05) is 0 Å². The summed E-state index contributed by atoms with van der Waals surface area (Å²) in [6.45, 7) is 0. The summed E-state index contributed by atoms with van der Waals surface area (Å²) >= 11 is 7.59. The number of rotatable bonds is 6. The van der Waals surface area contributed by atoms with Gasteiger partial charge in [-0.25, -0.2) is 4.79 Å². The van der Waals surface area contributed by atoms with Crippen LogP contribution in [-0.2, 0) is 9.59 Å². The lowest BCUT2D eigenvalue weighted by molar-refractivity contribution is -0.140. The van der Waals surface area contributed by atoms with Crippen LogP contribution in [0.3, 0.4) is 0 Å². The smallest absolute Gasteiger partial charge is 0.326 e. The van der Waals surface area contributed by atoms with E-state index in [1.807, 2.05) is 0 Å². The molecule has 1 heterocycles. The molecule has 0 saturated heterocycles. The van der Waals surface area contributed by atoms with E-state index in [1.54, 1.807) is 6.07 Å². The van der Waals surface area contributed by atoms with Gasteiger partial charge in [0, 0.05) is 10.9 Å². The molecule has 1 rings (SSSR count). The molecular formula is C10H9Br2NO5S. The van der Waals surface area contributed by atoms with E-state index in [1.165, 1.54) is 0 Å². The highest BCUT2D eigenvalue weighted by molar-refractivity contribution is 9.13. The van der Waals surface area contributed by atoms with Crippen molar-refractivity contribution in [3.05, 3.63) is 19.2 Å². The molecule has 0 radical (unpaired) electrons. The van der Waals surface area contributed by atoms with E-state index < -0.39 is 23.9 Å². The van der Waals surface area contributed by atoms with E-state index in [0.29, 0.717) is 9.35 Å². The number of aliphatic carboxylic acids is 2.